The molecule has 8 heteroatoms. The Kier molecular flexibility index (Phi) is 5.61. The van der Waals surface area contributed by atoms with Crippen LogP contribution in [-0.2, 0) is 6.42 Å². The zero-order valence-electron chi connectivity index (χ0n) is 16.5. The molecule has 156 valence electrons. The molecule has 2 aromatic carbocycles. The molecular formula is C23H20N4O4. The summed E-state index contributed by atoms with van der Waals surface area (Å²) in [5.74, 6) is 0.356. The maximum atomic E-state index is 12.8. The lowest BCUT2D eigenvalue weighted by atomic mass is 10.1. The highest BCUT2D eigenvalue weighted by Crippen LogP contribution is 2.27. The van der Waals surface area contributed by atoms with Gasteiger partial charge < -0.3 is 15.2 Å². The zero-order chi connectivity index (χ0) is 21.8. The third-order valence-corrected chi connectivity index (χ3v) is 4.95. The van der Waals surface area contributed by atoms with E-state index < -0.39 is 18.0 Å². The van der Waals surface area contributed by atoms with Gasteiger partial charge in [-0.3, -0.25) is 15.2 Å². The topological polar surface area (TPSA) is 116 Å². The van der Waals surface area contributed by atoms with Crippen molar-refractivity contribution >= 4 is 23.5 Å². The Morgan fingerprint density at radius 1 is 1.06 bits per heavy atom. The van der Waals surface area contributed by atoms with Crippen molar-refractivity contribution in [3.05, 3.63) is 84.2 Å². The van der Waals surface area contributed by atoms with Crippen molar-refractivity contribution in [2.24, 2.45) is 0 Å². The van der Waals surface area contributed by atoms with E-state index in [2.05, 4.69) is 10.3 Å². The normalized spacial score (nSPS) is 15.5. The van der Waals surface area contributed by atoms with Crippen LogP contribution in [0.25, 0.3) is 0 Å². The molecule has 0 radical (unpaired) electrons. The summed E-state index contributed by atoms with van der Waals surface area (Å²) in [6, 6.07) is 18.6. The number of rotatable bonds is 4. The third-order valence-electron chi connectivity index (χ3n) is 4.95. The van der Waals surface area contributed by atoms with Gasteiger partial charge >= 0.3 is 6.09 Å². The van der Waals surface area contributed by atoms with Crippen molar-refractivity contribution in [3.63, 3.8) is 0 Å². The minimum atomic E-state index is -1.27. The summed E-state index contributed by atoms with van der Waals surface area (Å²) >= 11 is 0. The number of amidine groups is 1. The van der Waals surface area contributed by atoms with Gasteiger partial charge in [-0.25, -0.2) is 9.69 Å². The lowest BCUT2D eigenvalue weighted by Crippen LogP contribution is -2.49. The summed E-state index contributed by atoms with van der Waals surface area (Å²) in [5.41, 5.74) is 1.36. The van der Waals surface area contributed by atoms with E-state index >= 15 is 0 Å². The molecule has 0 aliphatic carbocycles. The van der Waals surface area contributed by atoms with Crippen molar-refractivity contribution in [1.82, 2.24) is 10.3 Å². The summed E-state index contributed by atoms with van der Waals surface area (Å²) < 4.78 is 5.74. The molecule has 2 heterocycles. The van der Waals surface area contributed by atoms with Gasteiger partial charge in [-0.1, -0.05) is 36.4 Å². The molecule has 1 atom stereocenters. The first-order valence-electron chi connectivity index (χ1n) is 9.72. The number of carbonyl (C=O) groups excluding carboxylic acids is 1. The van der Waals surface area contributed by atoms with Gasteiger partial charge in [0.1, 0.15) is 23.0 Å². The van der Waals surface area contributed by atoms with Crippen LogP contribution >= 0.6 is 0 Å². The molecule has 4 rings (SSSR count). The molecule has 0 spiro atoms. The Labute approximate surface area is 178 Å². The SMILES string of the molecule is N=C1C(NC(=O)c2cc(Oc3ccccc3)ccn2)CCc2ccccc2N1C(=O)O. The predicted molar refractivity (Wildman–Crippen MR) is 115 cm³/mol. The molecule has 0 saturated heterocycles. The fraction of sp³-hybridized carbons (Fsp3) is 0.130. The van der Waals surface area contributed by atoms with Gasteiger partial charge in [0, 0.05) is 12.3 Å². The molecule has 1 aliphatic rings. The van der Waals surface area contributed by atoms with Crippen molar-refractivity contribution in [2.75, 3.05) is 4.90 Å². The molecule has 0 saturated carbocycles. The van der Waals surface area contributed by atoms with Crippen LogP contribution in [0, 0.1) is 5.41 Å². The van der Waals surface area contributed by atoms with Gasteiger partial charge in [0.25, 0.3) is 5.91 Å². The van der Waals surface area contributed by atoms with Gasteiger partial charge in [-0.15, -0.1) is 0 Å². The largest absolute Gasteiger partial charge is 0.464 e. The maximum absolute atomic E-state index is 12.8. The van der Waals surface area contributed by atoms with Crippen LogP contribution in [-0.4, -0.2) is 34.0 Å². The molecule has 0 bridgehead atoms. The second kappa shape index (κ2) is 8.66. The second-order valence-electron chi connectivity index (χ2n) is 6.99. The number of carbonyl (C=O) groups is 2. The Balaban J connectivity index is 1.53. The summed E-state index contributed by atoms with van der Waals surface area (Å²) in [4.78, 5) is 29.7. The molecule has 2 amide bonds. The minimum absolute atomic E-state index is 0.116. The number of carboxylic acid groups (broad SMARTS) is 1. The highest BCUT2D eigenvalue weighted by Gasteiger charge is 2.32. The van der Waals surface area contributed by atoms with Crippen LogP contribution in [0.4, 0.5) is 10.5 Å². The van der Waals surface area contributed by atoms with Crippen molar-refractivity contribution in [1.29, 1.82) is 5.41 Å². The standard InChI is InChI=1S/C23H20N4O4/c24-21-18(11-10-15-6-4-5-9-20(15)27(21)23(29)30)26-22(28)19-14-17(12-13-25-19)31-16-7-2-1-3-8-16/h1-9,12-14,18,24H,10-11H2,(H,26,28)(H,29,30). The highest BCUT2D eigenvalue weighted by atomic mass is 16.5. The van der Waals surface area contributed by atoms with Crippen LogP contribution < -0.4 is 15.0 Å². The van der Waals surface area contributed by atoms with E-state index in [-0.39, 0.29) is 11.5 Å². The fourth-order valence-corrected chi connectivity index (χ4v) is 3.46. The first kappa shape index (κ1) is 20.1. The smallest absolute Gasteiger partial charge is 0.417 e. The average Bonchev–Trinajstić information content (AvgIpc) is 2.91. The van der Waals surface area contributed by atoms with Crippen LogP contribution in [0.2, 0.25) is 0 Å². The summed E-state index contributed by atoms with van der Waals surface area (Å²) in [7, 11) is 0. The molecule has 8 nitrogen and oxygen atoms in total. The first-order chi connectivity index (χ1) is 15.0. The van der Waals surface area contributed by atoms with E-state index in [1.807, 2.05) is 30.3 Å². The third kappa shape index (κ3) is 4.37. The van der Waals surface area contributed by atoms with E-state index in [1.54, 1.807) is 30.3 Å². The van der Waals surface area contributed by atoms with Crippen LogP contribution in [0.15, 0.2) is 72.9 Å². The second-order valence-corrected chi connectivity index (χ2v) is 6.99. The number of para-hydroxylation sites is 2. The molecule has 3 aromatic rings. The van der Waals surface area contributed by atoms with Crippen LogP contribution in [0.5, 0.6) is 11.5 Å². The van der Waals surface area contributed by atoms with E-state index in [1.165, 1.54) is 12.3 Å². The van der Waals surface area contributed by atoms with Gasteiger partial charge in [-0.2, -0.15) is 0 Å². The maximum Gasteiger partial charge on any atom is 0.417 e. The number of aryl methyl sites for hydroxylation is 1. The number of benzene rings is 2. The number of anilines is 1. The average molecular weight is 416 g/mol. The summed E-state index contributed by atoms with van der Waals surface area (Å²) in [6.45, 7) is 0. The van der Waals surface area contributed by atoms with Crippen molar-refractivity contribution in [3.8, 4) is 11.5 Å². The molecule has 31 heavy (non-hydrogen) atoms. The number of hydrogen-bond donors (Lipinski definition) is 3. The monoisotopic (exact) mass is 416 g/mol. The Morgan fingerprint density at radius 3 is 2.58 bits per heavy atom. The Bertz CT molecular complexity index is 1130. The van der Waals surface area contributed by atoms with Crippen LogP contribution in [0.3, 0.4) is 0 Å². The number of hydrogen-bond acceptors (Lipinski definition) is 5. The Morgan fingerprint density at radius 2 is 1.81 bits per heavy atom. The number of pyridine rings is 1. The first-order valence-corrected chi connectivity index (χ1v) is 9.72. The lowest BCUT2D eigenvalue weighted by Gasteiger charge is -2.24. The predicted octanol–water partition coefficient (Wildman–Crippen LogP) is 4.08. The quantitative estimate of drug-likeness (QED) is 0.593. The number of ether oxygens (including phenoxy) is 1. The highest BCUT2D eigenvalue weighted by molar-refractivity contribution is 6.16. The molecule has 1 aliphatic heterocycles. The van der Waals surface area contributed by atoms with Crippen LogP contribution in [0.1, 0.15) is 22.5 Å². The van der Waals surface area contributed by atoms with Crippen molar-refractivity contribution in [2.45, 2.75) is 18.9 Å². The van der Waals surface area contributed by atoms with E-state index in [4.69, 9.17) is 10.1 Å². The molecule has 1 unspecified atom stereocenters. The van der Waals surface area contributed by atoms with Gasteiger partial charge in [0.15, 0.2) is 0 Å². The lowest BCUT2D eigenvalue weighted by molar-refractivity contribution is 0.0939. The number of aromatic nitrogens is 1. The summed E-state index contributed by atoms with van der Waals surface area (Å²) in [6.07, 6.45) is 1.11. The van der Waals surface area contributed by atoms with Gasteiger partial charge in [-0.05, 0) is 42.7 Å². The molecule has 0 fully saturated rings. The Hall–Kier alpha value is -4.20. The summed E-state index contributed by atoms with van der Waals surface area (Å²) in [5, 5.41) is 20.9. The van der Waals surface area contributed by atoms with Gasteiger partial charge in [0.05, 0.1) is 11.7 Å². The zero-order valence-corrected chi connectivity index (χ0v) is 16.5. The number of nitrogens with zero attached hydrogens (tertiary/aromatic N) is 2. The molecule has 1 aromatic heterocycles. The molecule has 3 N–H and O–H groups in total. The fourth-order valence-electron chi connectivity index (χ4n) is 3.46. The van der Waals surface area contributed by atoms with E-state index in [9.17, 15) is 14.7 Å². The minimum Gasteiger partial charge on any atom is -0.464 e. The van der Waals surface area contributed by atoms with Gasteiger partial charge in [0.2, 0.25) is 0 Å². The number of nitrogens with one attached hydrogen (secondary N) is 2. The van der Waals surface area contributed by atoms with Crippen molar-refractivity contribution < 1.29 is 19.4 Å². The van der Waals surface area contributed by atoms with E-state index in [0.29, 0.717) is 30.0 Å². The number of fused-ring (bicyclic) bond motifs is 1. The van der Waals surface area contributed by atoms with E-state index in [0.717, 1.165) is 10.5 Å². The number of amides is 2. The molecular weight excluding hydrogens is 396 g/mol.